The first kappa shape index (κ1) is 14.4. The zero-order chi connectivity index (χ0) is 13.8. The van der Waals surface area contributed by atoms with Crippen molar-refractivity contribution in [1.29, 1.82) is 0 Å². The molecule has 100 valence electrons. The lowest BCUT2D eigenvalue weighted by Gasteiger charge is -2.23. The van der Waals surface area contributed by atoms with E-state index in [-0.39, 0.29) is 11.3 Å². The SMILES string of the molecule is CCC(C)(C)CNC(=O)c1cc(N)ccc1OC. The number of nitrogen functional groups attached to an aromatic ring is 1. The molecule has 4 nitrogen and oxygen atoms in total. The molecule has 3 N–H and O–H groups in total. The molecular formula is C14H22N2O2. The van der Waals surface area contributed by atoms with Gasteiger partial charge in [-0.15, -0.1) is 0 Å². The van der Waals surface area contributed by atoms with Crippen molar-refractivity contribution in [3.8, 4) is 5.75 Å². The number of carbonyl (C=O) groups is 1. The van der Waals surface area contributed by atoms with Crippen LogP contribution in [0.25, 0.3) is 0 Å². The summed E-state index contributed by atoms with van der Waals surface area (Å²) in [4.78, 5) is 12.1. The summed E-state index contributed by atoms with van der Waals surface area (Å²) in [5.74, 6) is 0.386. The molecule has 1 aromatic rings. The predicted octanol–water partition coefficient (Wildman–Crippen LogP) is 2.44. The summed E-state index contributed by atoms with van der Waals surface area (Å²) >= 11 is 0. The molecule has 0 aliphatic rings. The molecule has 0 fully saturated rings. The minimum atomic E-state index is -0.152. The molecule has 1 rings (SSSR count). The van der Waals surface area contributed by atoms with Gasteiger partial charge in [0.1, 0.15) is 5.75 Å². The van der Waals surface area contributed by atoms with Crippen molar-refractivity contribution in [3.63, 3.8) is 0 Å². The van der Waals surface area contributed by atoms with Gasteiger partial charge in [0.2, 0.25) is 0 Å². The van der Waals surface area contributed by atoms with Crippen molar-refractivity contribution in [2.45, 2.75) is 27.2 Å². The Hall–Kier alpha value is -1.71. The maximum atomic E-state index is 12.1. The number of anilines is 1. The van der Waals surface area contributed by atoms with Crippen LogP contribution in [0.15, 0.2) is 18.2 Å². The molecule has 0 heterocycles. The minimum Gasteiger partial charge on any atom is -0.496 e. The van der Waals surface area contributed by atoms with Crippen LogP contribution in [0.4, 0.5) is 5.69 Å². The highest BCUT2D eigenvalue weighted by molar-refractivity contribution is 5.97. The van der Waals surface area contributed by atoms with Crippen molar-refractivity contribution >= 4 is 11.6 Å². The Morgan fingerprint density at radius 2 is 2.11 bits per heavy atom. The van der Waals surface area contributed by atoms with E-state index < -0.39 is 0 Å². The van der Waals surface area contributed by atoms with Gasteiger partial charge < -0.3 is 15.8 Å². The van der Waals surface area contributed by atoms with E-state index in [1.165, 1.54) is 7.11 Å². The summed E-state index contributed by atoms with van der Waals surface area (Å²) < 4.78 is 5.16. The fourth-order valence-electron chi connectivity index (χ4n) is 1.44. The van der Waals surface area contributed by atoms with Crippen LogP contribution in [0, 0.1) is 5.41 Å². The number of nitrogens with one attached hydrogen (secondary N) is 1. The topological polar surface area (TPSA) is 64.4 Å². The van der Waals surface area contributed by atoms with Crippen molar-refractivity contribution in [2.24, 2.45) is 5.41 Å². The predicted molar refractivity (Wildman–Crippen MR) is 73.8 cm³/mol. The summed E-state index contributed by atoms with van der Waals surface area (Å²) in [6.07, 6.45) is 1.00. The fourth-order valence-corrected chi connectivity index (χ4v) is 1.44. The van der Waals surface area contributed by atoms with E-state index in [0.29, 0.717) is 23.5 Å². The molecule has 0 radical (unpaired) electrons. The highest BCUT2D eigenvalue weighted by atomic mass is 16.5. The van der Waals surface area contributed by atoms with Gasteiger partial charge in [0.25, 0.3) is 5.91 Å². The number of rotatable bonds is 5. The third kappa shape index (κ3) is 3.65. The summed E-state index contributed by atoms with van der Waals surface area (Å²) in [6.45, 7) is 6.96. The molecule has 4 heteroatoms. The normalized spacial score (nSPS) is 11.1. The number of ether oxygens (including phenoxy) is 1. The lowest BCUT2D eigenvalue weighted by Crippen LogP contribution is -2.33. The Balaban J connectivity index is 2.81. The van der Waals surface area contributed by atoms with Gasteiger partial charge in [0, 0.05) is 12.2 Å². The van der Waals surface area contributed by atoms with Crippen molar-refractivity contribution in [3.05, 3.63) is 23.8 Å². The highest BCUT2D eigenvalue weighted by Gasteiger charge is 2.18. The van der Waals surface area contributed by atoms with Crippen LogP contribution in [0.5, 0.6) is 5.75 Å². The zero-order valence-electron chi connectivity index (χ0n) is 11.5. The number of hydrogen-bond donors (Lipinski definition) is 2. The summed E-state index contributed by atoms with van der Waals surface area (Å²) in [7, 11) is 1.54. The third-order valence-electron chi connectivity index (χ3n) is 3.15. The number of carbonyl (C=O) groups excluding carboxylic acids is 1. The van der Waals surface area contributed by atoms with E-state index in [0.717, 1.165) is 6.42 Å². The number of hydrogen-bond acceptors (Lipinski definition) is 3. The molecule has 0 aromatic heterocycles. The van der Waals surface area contributed by atoms with Crippen LogP contribution in [0.1, 0.15) is 37.6 Å². The second-order valence-corrected chi connectivity index (χ2v) is 5.16. The second-order valence-electron chi connectivity index (χ2n) is 5.16. The van der Waals surface area contributed by atoms with Crippen LogP contribution in [0.2, 0.25) is 0 Å². The van der Waals surface area contributed by atoms with Crippen molar-refractivity contribution in [2.75, 3.05) is 19.4 Å². The molecule has 1 amide bonds. The van der Waals surface area contributed by atoms with Crippen molar-refractivity contribution in [1.82, 2.24) is 5.32 Å². The smallest absolute Gasteiger partial charge is 0.255 e. The van der Waals surface area contributed by atoms with E-state index in [4.69, 9.17) is 10.5 Å². The second kappa shape index (κ2) is 5.76. The van der Waals surface area contributed by atoms with Gasteiger partial charge in [-0.2, -0.15) is 0 Å². The zero-order valence-corrected chi connectivity index (χ0v) is 11.5. The highest BCUT2D eigenvalue weighted by Crippen LogP contribution is 2.22. The quantitative estimate of drug-likeness (QED) is 0.789. The maximum absolute atomic E-state index is 12.1. The van der Waals surface area contributed by atoms with E-state index in [9.17, 15) is 4.79 Å². The molecular weight excluding hydrogens is 228 g/mol. The molecule has 0 spiro atoms. The molecule has 1 aromatic carbocycles. The molecule has 0 atom stereocenters. The summed E-state index contributed by atoms with van der Waals surface area (Å²) in [5, 5.41) is 2.92. The van der Waals surface area contributed by atoms with E-state index in [2.05, 4.69) is 26.1 Å². The first-order valence-electron chi connectivity index (χ1n) is 6.11. The molecule has 0 saturated carbocycles. The van der Waals surface area contributed by atoms with Gasteiger partial charge in [-0.1, -0.05) is 20.8 Å². The van der Waals surface area contributed by atoms with Crippen LogP contribution < -0.4 is 15.8 Å². The first-order chi connectivity index (χ1) is 8.39. The van der Waals surface area contributed by atoms with Crippen LogP contribution in [-0.4, -0.2) is 19.6 Å². The van der Waals surface area contributed by atoms with E-state index in [1.54, 1.807) is 18.2 Å². The standard InChI is InChI=1S/C14H22N2O2/c1-5-14(2,3)9-16-13(17)11-8-10(15)6-7-12(11)18-4/h6-8H,5,9,15H2,1-4H3,(H,16,17). The van der Waals surface area contributed by atoms with Crippen LogP contribution in [0.3, 0.4) is 0 Å². The average Bonchev–Trinajstić information content (AvgIpc) is 2.36. The fraction of sp³-hybridized carbons (Fsp3) is 0.500. The molecule has 0 bridgehead atoms. The molecule has 0 saturated heterocycles. The lowest BCUT2D eigenvalue weighted by molar-refractivity contribution is 0.0932. The van der Waals surface area contributed by atoms with Gasteiger partial charge in [0.05, 0.1) is 12.7 Å². The Labute approximate surface area is 109 Å². The number of benzene rings is 1. The Kier molecular flexibility index (Phi) is 4.59. The first-order valence-corrected chi connectivity index (χ1v) is 6.11. The van der Waals surface area contributed by atoms with Gasteiger partial charge in [-0.25, -0.2) is 0 Å². The van der Waals surface area contributed by atoms with Crippen LogP contribution in [-0.2, 0) is 0 Å². The maximum Gasteiger partial charge on any atom is 0.255 e. The Morgan fingerprint density at radius 3 is 2.67 bits per heavy atom. The average molecular weight is 250 g/mol. The number of nitrogens with two attached hydrogens (primary N) is 1. The third-order valence-corrected chi connectivity index (χ3v) is 3.15. The molecule has 0 aliphatic carbocycles. The number of amides is 1. The molecule has 0 unspecified atom stereocenters. The summed E-state index contributed by atoms with van der Waals surface area (Å²) in [6, 6.07) is 5.05. The largest absolute Gasteiger partial charge is 0.496 e. The lowest BCUT2D eigenvalue weighted by atomic mass is 9.90. The number of methoxy groups -OCH3 is 1. The minimum absolute atomic E-state index is 0.0865. The van der Waals surface area contributed by atoms with Crippen molar-refractivity contribution < 1.29 is 9.53 Å². The van der Waals surface area contributed by atoms with Gasteiger partial charge in [-0.3, -0.25) is 4.79 Å². The molecule has 18 heavy (non-hydrogen) atoms. The van der Waals surface area contributed by atoms with Crippen LogP contribution >= 0.6 is 0 Å². The Morgan fingerprint density at radius 1 is 1.44 bits per heavy atom. The van der Waals surface area contributed by atoms with Gasteiger partial charge in [-0.05, 0) is 30.0 Å². The monoisotopic (exact) mass is 250 g/mol. The summed E-state index contributed by atoms with van der Waals surface area (Å²) in [5.41, 5.74) is 6.81. The van der Waals surface area contributed by atoms with Gasteiger partial charge in [0.15, 0.2) is 0 Å². The molecule has 0 aliphatic heterocycles. The Bertz CT molecular complexity index is 428. The van der Waals surface area contributed by atoms with Gasteiger partial charge >= 0.3 is 0 Å². The van der Waals surface area contributed by atoms with E-state index in [1.807, 2.05) is 0 Å². The van der Waals surface area contributed by atoms with E-state index >= 15 is 0 Å².